The van der Waals surface area contributed by atoms with E-state index in [2.05, 4.69) is 9.97 Å². The van der Waals surface area contributed by atoms with Crippen molar-refractivity contribution >= 4 is 22.6 Å². The molecule has 156 valence electrons. The number of carbonyl (C=O) groups excluding carboxylic acids is 1. The highest BCUT2D eigenvalue weighted by molar-refractivity contribution is 5.83. The SMILES string of the molecule is C[C@H](OC(=O)C12C[C@@H]3C[C@@H](CC(O)(C3)C1)C2)/C(O)=C(\C#N)c1nc2ccccc2[nH]1. The van der Waals surface area contributed by atoms with Crippen LogP contribution in [0.2, 0.25) is 0 Å². The van der Waals surface area contributed by atoms with Crippen LogP contribution in [-0.4, -0.2) is 37.9 Å². The van der Waals surface area contributed by atoms with Crippen LogP contribution in [0.5, 0.6) is 0 Å². The summed E-state index contributed by atoms with van der Waals surface area (Å²) in [6.45, 7) is 1.56. The zero-order valence-corrected chi connectivity index (χ0v) is 16.9. The van der Waals surface area contributed by atoms with Gasteiger partial charge in [-0.2, -0.15) is 5.26 Å². The Morgan fingerprint density at radius 3 is 2.63 bits per heavy atom. The van der Waals surface area contributed by atoms with Gasteiger partial charge in [0, 0.05) is 0 Å². The summed E-state index contributed by atoms with van der Waals surface area (Å²) in [5.41, 5.74) is -0.0646. The number of para-hydroxylation sites is 2. The highest BCUT2D eigenvalue weighted by Crippen LogP contribution is 2.62. The van der Waals surface area contributed by atoms with Gasteiger partial charge in [-0.05, 0) is 69.4 Å². The lowest BCUT2D eigenvalue weighted by atomic mass is 9.48. The Kier molecular flexibility index (Phi) is 4.19. The Labute approximate surface area is 174 Å². The van der Waals surface area contributed by atoms with Crippen molar-refractivity contribution in [1.29, 1.82) is 5.26 Å². The smallest absolute Gasteiger partial charge is 0.312 e. The maximum Gasteiger partial charge on any atom is 0.312 e. The minimum atomic E-state index is -0.983. The number of aromatic nitrogens is 2. The Morgan fingerprint density at radius 2 is 2.00 bits per heavy atom. The first-order valence-electron chi connectivity index (χ1n) is 10.5. The quantitative estimate of drug-likeness (QED) is 0.405. The number of nitriles is 1. The Hall–Kier alpha value is -2.85. The van der Waals surface area contributed by atoms with Crippen molar-refractivity contribution in [3.8, 4) is 6.07 Å². The Bertz CT molecular complexity index is 1050. The van der Waals surface area contributed by atoms with E-state index in [0.29, 0.717) is 23.8 Å². The fourth-order valence-corrected chi connectivity index (χ4v) is 6.30. The number of fused-ring (bicyclic) bond motifs is 1. The fourth-order valence-electron chi connectivity index (χ4n) is 6.30. The topological polar surface area (TPSA) is 119 Å². The van der Waals surface area contributed by atoms with E-state index in [1.807, 2.05) is 30.3 Å². The number of aromatic amines is 1. The summed E-state index contributed by atoms with van der Waals surface area (Å²) >= 11 is 0. The third-order valence-corrected chi connectivity index (χ3v) is 7.13. The van der Waals surface area contributed by atoms with Crippen LogP contribution in [0.15, 0.2) is 30.0 Å². The van der Waals surface area contributed by atoms with Crippen molar-refractivity contribution in [2.24, 2.45) is 17.3 Å². The van der Waals surface area contributed by atoms with E-state index in [4.69, 9.17) is 4.74 Å². The van der Waals surface area contributed by atoms with Crippen molar-refractivity contribution in [1.82, 2.24) is 9.97 Å². The molecule has 7 heteroatoms. The van der Waals surface area contributed by atoms with Crippen LogP contribution >= 0.6 is 0 Å². The van der Waals surface area contributed by atoms with Crippen LogP contribution in [0.25, 0.3) is 16.6 Å². The average Bonchev–Trinajstić information content (AvgIpc) is 3.10. The molecule has 0 radical (unpaired) electrons. The molecule has 1 aromatic heterocycles. The fraction of sp³-hybridized carbons (Fsp3) is 0.522. The summed E-state index contributed by atoms with van der Waals surface area (Å²) in [5, 5.41) is 31.2. The molecular weight excluding hydrogens is 382 g/mol. The van der Waals surface area contributed by atoms with Gasteiger partial charge in [-0.3, -0.25) is 4.79 Å². The van der Waals surface area contributed by atoms with Crippen LogP contribution in [0.1, 0.15) is 51.3 Å². The number of hydrogen-bond donors (Lipinski definition) is 3. The van der Waals surface area contributed by atoms with Gasteiger partial charge in [0.25, 0.3) is 0 Å². The molecular formula is C23H25N3O4. The second-order valence-corrected chi connectivity index (χ2v) is 9.49. The number of hydrogen-bond acceptors (Lipinski definition) is 6. The summed E-state index contributed by atoms with van der Waals surface area (Å²) in [6, 6.07) is 9.31. The number of benzene rings is 1. The molecule has 3 N–H and O–H groups in total. The standard InChI is InChI=1S/C23H25N3O4/c1-13(19(27)16(11-24)20-25-17-4-2-3-5-18(17)26-20)30-21(28)22-7-14-6-15(8-22)10-23(29,9-14)12-22/h2-5,13-15,27,29H,6-10,12H2,1H3,(H,25,26)/b19-16-/t13-,14-,15+,22?,23?/m0/s1. The van der Waals surface area contributed by atoms with Crippen molar-refractivity contribution in [2.75, 3.05) is 0 Å². The molecule has 4 bridgehead atoms. The molecule has 6 rings (SSSR count). The van der Waals surface area contributed by atoms with E-state index in [0.717, 1.165) is 37.6 Å². The van der Waals surface area contributed by atoms with Gasteiger partial charge in [0.1, 0.15) is 11.6 Å². The minimum Gasteiger partial charge on any atom is -0.507 e. The molecule has 0 spiro atoms. The van der Waals surface area contributed by atoms with Gasteiger partial charge in [0.05, 0.1) is 22.0 Å². The molecule has 4 fully saturated rings. The molecule has 0 amide bonds. The molecule has 1 aromatic carbocycles. The van der Waals surface area contributed by atoms with Gasteiger partial charge in [0.2, 0.25) is 0 Å². The number of imidazole rings is 1. The van der Waals surface area contributed by atoms with Crippen LogP contribution < -0.4 is 0 Å². The number of aliphatic hydroxyl groups is 2. The molecule has 30 heavy (non-hydrogen) atoms. The van der Waals surface area contributed by atoms with E-state index in [1.165, 1.54) is 0 Å². The van der Waals surface area contributed by atoms with Crippen LogP contribution in [0.4, 0.5) is 0 Å². The lowest BCUT2D eigenvalue weighted by Gasteiger charge is -2.58. The highest BCUT2D eigenvalue weighted by atomic mass is 16.6. The summed E-state index contributed by atoms with van der Waals surface area (Å²) in [4.78, 5) is 20.6. The molecule has 7 nitrogen and oxygen atoms in total. The predicted molar refractivity (Wildman–Crippen MR) is 109 cm³/mol. The van der Waals surface area contributed by atoms with E-state index in [1.54, 1.807) is 6.92 Å². The first kappa shape index (κ1) is 19.1. The van der Waals surface area contributed by atoms with Gasteiger partial charge >= 0.3 is 5.97 Å². The number of ether oxygens (including phenoxy) is 1. The first-order valence-corrected chi connectivity index (χ1v) is 10.5. The summed E-state index contributed by atoms with van der Waals surface area (Å²) < 4.78 is 5.67. The van der Waals surface area contributed by atoms with Crippen LogP contribution in [0.3, 0.4) is 0 Å². The van der Waals surface area contributed by atoms with Crippen molar-refractivity contribution in [2.45, 2.75) is 57.2 Å². The monoisotopic (exact) mass is 407 g/mol. The van der Waals surface area contributed by atoms with E-state index < -0.39 is 17.1 Å². The summed E-state index contributed by atoms with van der Waals surface area (Å²) in [7, 11) is 0. The average molecular weight is 407 g/mol. The molecule has 1 heterocycles. The van der Waals surface area contributed by atoms with Gasteiger partial charge in [-0.25, -0.2) is 4.98 Å². The Morgan fingerprint density at radius 1 is 1.30 bits per heavy atom. The van der Waals surface area contributed by atoms with E-state index >= 15 is 0 Å². The number of esters is 1. The molecule has 2 aromatic rings. The summed E-state index contributed by atoms with van der Waals surface area (Å²) in [6.07, 6.45) is 3.52. The van der Waals surface area contributed by atoms with E-state index in [9.17, 15) is 20.3 Å². The molecule has 5 atom stereocenters. The number of carbonyl (C=O) groups is 1. The third kappa shape index (κ3) is 2.98. The maximum atomic E-state index is 13.2. The molecule has 4 saturated carbocycles. The number of nitrogens with one attached hydrogen (secondary N) is 1. The number of nitrogens with zero attached hydrogens (tertiary/aromatic N) is 2. The second kappa shape index (κ2) is 6.58. The zero-order chi connectivity index (χ0) is 21.1. The van der Waals surface area contributed by atoms with Crippen molar-refractivity contribution < 1.29 is 19.7 Å². The summed E-state index contributed by atoms with van der Waals surface area (Å²) in [5.74, 6) is 0.245. The maximum absolute atomic E-state index is 13.2. The number of allylic oxidation sites excluding steroid dienone is 1. The third-order valence-electron chi connectivity index (χ3n) is 7.13. The van der Waals surface area contributed by atoms with Gasteiger partial charge in [-0.15, -0.1) is 0 Å². The predicted octanol–water partition coefficient (Wildman–Crippen LogP) is 3.62. The van der Waals surface area contributed by atoms with Gasteiger partial charge < -0.3 is 19.9 Å². The second-order valence-electron chi connectivity index (χ2n) is 9.49. The molecule has 0 aliphatic heterocycles. The normalized spacial score (nSPS) is 33.8. The first-order chi connectivity index (χ1) is 14.3. The lowest BCUT2D eigenvalue weighted by Crippen LogP contribution is -2.58. The zero-order valence-electron chi connectivity index (χ0n) is 16.9. The number of H-pyrrole nitrogens is 1. The van der Waals surface area contributed by atoms with Gasteiger partial charge in [0.15, 0.2) is 17.7 Å². The highest BCUT2D eigenvalue weighted by Gasteiger charge is 2.61. The molecule has 0 saturated heterocycles. The van der Waals surface area contributed by atoms with Crippen LogP contribution in [0, 0.1) is 28.6 Å². The number of rotatable bonds is 4. The van der Waals surface area contributed by atoms with E-state index in [-0.39, 0.29) is 23.1 Å². The number of aliphatic hydroxyl groups excluding tert-OH is 1. The van der Waals surface area contributed by atoms with Crippen molar-refractivity contribution in [3.05, 3.63) is 35.8 Å². The van der Waals surface area contributed by atoms with Gasteiger partial charge in [-0.1, -0.05) is 12.1 Å². The Balaban J connectivity index is 1.39. The van der Waals surface area contributed by atoms with Crippen molar-refractivity contribution in [3.63, 3.8) is 0 Å². The molecule has 2 unspecified atom stereocenters. The lowest BCUT2D eigenvalue weighted by molar-refractivity contribution is -0.199. The largest absolute Gasteiger partial charge is 0.507 e. The molecule has 4 aliphatic rings. The van der Waals surface area contributed by atoms with Crippen LogP contribution in [-0.2, 0) is 9.53 Å². The molecule has 4 aliphatic carbocycles. The minimum absolute atomic E-state index is 0.0457.